The van der Waals surface area contributed by atoms with Crippen LogP contribution in [-0.4, -0.2) is 40.9 Å². The molecule has 0 aliphatic carbocycles. The van der Waals surface area contributed by atoms with Crippen molar-refractivity contribution in [2.24, 2.45) is 7.05 Å². The Balaban J connectivity index is 1.77. The van der Waals surface area contributed by atoms with E-state index in [9.17, 15) is 9.59 Å². The summed E-state index contributed by atoms with van der Waals surface area (Å²) >= 11 is 11.8. The molecular weight excluding hydrogens is 301 g/mol. The summed E-state index contributed by atoms with van der Waals surface area (Å²) in [5.41, 5.74) is 0.428. The van der Waals surface area contributed by atoms with Crippen LogP contribution in [-0.2, 0) is 11.8 Å². The Kier molecular flexibility index (Phi) is 4.94. The van der Waals surface area contributed by atoms with Gasteiger partial charge in [-0.3, -0.25) is 9.59 Å². The number of nitrogens with one attached hydrogen (secondary N) is 1. The van der Waals surface area contributed by atoms with Crippen LogP contribution in [0.5, 0.6) is 0 Å². The van der Waals surface area contributed by atoms with E-state index < -0.39 is 0 Å². The fraction of sp³-hybridized carbons (Fsp3) is 0.538. The molecule has 2 rings (SSSR count). The second-order valence-electron chi connectivity index (χ2n) is 4.82. The number of aromatic nitrogens is 1. The zero-order chi connectivity index (χ0) is 14.7. The number of rotatable bonds is 5. The first-order valence-electron chi connectivity index (χ1n) is 6.57. The molecule has 0 spiro atoms. The van der Waals surface area contributed by atoms with Gasteiger partial charge in [-0.2, -0.15) is 0 Å². The second kappa shape index (κ2) is 6.50. The van der Waals surface area contributed by atoms with Gasteiger partial charge in [0.25, 0.3) is 5.91 Å². The van der Waals surface area contributed by atoms with Gasteiger partial charge in [0.05, 0.1) is 5.02 Å². The third kappa shape index (κ3) is 3.27. The molecule has 1 saturated heterocycles. The summed E-state index contributed by atoms with van der Waals surface area (Å²) in [4.78, 5) is 25.2. The number of amides is 2. The van der Waals surface area contributed by atoms with Crippen molar-refractivity contribution in [3.05, 3.63) is 21.9 Å². The van der Waals surface area contributed by atoms with E-state index in [0.717, 1.165) is 19.4 Å². The van der Waals surface area contributed by atoms with Gasteiger partial charge in [0.1, 0.15) is 10.8 Å². The normalized spacial score (nSPS) is 14.9. The first kappa shape index (κ1) is 15.2. The van der Waals surface area contributed by atoms with Gasteiger partial charge in [0.2, 0.25) is 5.91 Å². The van der Waals surface area contributed by atoms with E-state index in [1.54, 1.807) is 17.7 Å². The number of nitrogens with zero attached hydrogens (tertiary/aromatic N) is 2. The number of carbonyl (C=O) groups excluding carboxylic acids is 2. The van der Waals surface area contributed by atoms with Gasteiger partial charge in [-0.15, -0.1) is 0 Å². The average molecular weight is 318 g/mol. The SMILES string of the molecule is Cn1c(C(=O)NCCCN2CCCC2=O)cc(Cl)c1Cl. The minimum absolute atomic E-state index is 0.206. The number of halogens is 2. The minimum atomic E-state index is -0.214. The first-order valence-corrected chi connectivity index (χ1v) is 7.33. The molecule has 20 heavy (non-hydrogen) atoms. The number of likely N-dealkylation sites (tertiary alicyclic amines) is 1. The summed E-state index contributed by atoms with van der Waals surface area (Å²) in [6.45, 7) is 2.03. The molecule has 7 heteroatoms. The zero-order valence-electron chi connectivity index (χ0n) is 11.3. The maximum Gasteiger partial charge on any atom is 0.267 e. The highest BCUT2D eigenvalue weighted by molar-refractivity contribution is 6.41. The monoisotopic (exact) mass is 317 g/mol. The maximum absolute atomic E-state index is 12.0. The summed E-state index contributed by atoms with van der Waals surface area (Å²) in [5.74, 6) is -0.00799. The van der Waals surface area contributed by atoms with Crippen molar-refractivity contribution >= 4 is 35.0 Å². The smallest absolute Gasteiger partial charge is 0.267 e. The molecule has 2 amide bonds. The van der Waals surface area contributed by atoms with Crippen molar-refractivity contribution in [3.63, 3.8) is 0 Å². The van der Waals surface area contributed by atoms with Crippen LogP contribution in [0.25, 0.3) is 0 Å². The third-order valence-corrected chi connectivity index (χ3v) is 4.25. The van der Waals surface area contributed by atoms with Gasteiger partial charge in [-0.05, 0) is 18.9 Å². The molecule has 1 aliphatic heterocycles. The van der Waals surface area contributed by atoms with Crippen molar-refractivity contribution in [2.75, 3.05) is 19.6 Å². The molecule has 0 saturated carbocycles. The lowest BCUT2D eigenvalue weighted by Gasteiger charge is -2.15. The number of carbonyl (C=O) groups is 2. The van der Waals surface area contributed by atoms with E-state index in [0.29, 0.717) is 35.4 Å². The highest BCUT2D eigenvalue weighted by Crippen LogP contribution is 2.24. The van der Waals surface area contributed by atoms with Crippen molar-refractivity contribution in [2.45, 2.75) is 19.3 Å². The lowest BCUT2D eigenvalue weighted by Crippen LogP contribution is -2.31. The summed E-state index contributed by atoms with van der Waals surface area (Å²) in [7, 11) is 1.69. The second-order valence-corrected chi connectivity index (χ2v) is 5.59. The molecule has 0 aromatic carbocycles. The highest BCUT2D eigenvalue weighted by Gasteiger charge is 2.19. The van der Waals surface area contributed by atoms with Crippen LogP contribution in [0.15, 0.2) is 6.07 Å². The molecule has 1 aromatic heterocycles. The zero-order valence-corrected chi connectivity index (χ0v) is 12.8. The lowest BCUT2D eigenvalue weighted by atomic mass is 10.3. The molecule has 0 radical (unpaired) electrons. The Bertz CT molecular complexity index is 528. The molecule has 0 atom stereocenters. The molecule has 0 bridgehead atoms. The Morgan fingerprint density at radius 1 is 1.45 bits per heavy atom. The quantitative estimate of drug-likeness (QED) is 0.845. The van der Waals surface area contributed by atoms with Gasteiger partial charge in [-0.25, -0.2) is 0 Å². The minimum Gasteiger partial charge on any atom is -0.351 e. The lowest BCUT2D eigenvalue weighted by molar-refractivity contribution is -0.127. The van der Waals surface area contributed by atoms with Gasteiger partial charge < -0.3 is 14.8 Å². The summed E-state index contributed by atoms with van der Waals surface area (Å²) in [5, 5.41) is 3.51. The highest BCUT2D eigenvalue weighted by atomic mass is 35.5. The van der Waals surface area contributed by atoms with E-state index >= 15 is 0 Å². The largest absolute Gasteiger partial charge is 0.351 e. The van der Waals surface area contributed by atoms with Crippen molar-refractivity contribution < 1.29 is 9.59 Å². The van der Waals surface area contributed by atoms with Crippen LogP contribution < -0.4 is 5.32 Å². The van der Waals surface area contributed by atoms with Crippen molar-refractivity contribution in [3.8, 4) is 0 Å². The fourth-order valence-electron chi connectivity index (χ4n) is 2.26. The molecule has 1 N–H and O–H groups in total. The van der Waals surface area contributed by atoms with Crippen LogP contribution in [0.1, 0.15) is 29.8 Å². The maximum atomic E-state index is 12.0. The topological polar surface area (TPSA) is 54.3 Å². The van der Waals surface area contributed by atoms with Crippen LogP contribution in [0.4, 0.5) is 0 Å². The number of hydrogen-bond acceptors (Lipinski definition) is 2. The summed E-state index contributed by atoms with van der Waals surface area (Å²) in [6.07, 6.45) is 2.32. The molecular formula is C13H17Cl2N3O2. The molecule has 1 aliphatic rings. The molecule has 1 aromatic rings. The molecule has 5 nitrogen and oxygen atoms in total. The van der Waals surface area contributed by atoms with E-state index in [1.807, 2.05) is 4.90 Å². The van der Waals surface area contributed by atoms with Crippen LogP contribution >= 0.6 is 23.2 Å². The van der Waals surface area contributed by atoms with Crippen LogP contribution in [0.2, 0.25) is 10.2 Å². The van der Waals surface area contributed by atoms with Crippen molar-refractivity contribution in [1.29, 1.82) is 0 Å². The van der Waals surface area contributed by atoms with Gasteiger partial charge in [0.15, 0.2) is 0 Å². The van der Waals surface area contributed by atoms with Gasteiger partial charge >= 0.3 is 0 Å². The molecule has 110 valence electrons. The third-order valence-electron chi connectivity index (χ3n) is 3.41. The molecule has 2 heterocycles. The standard InChI is InChI=1S/C13H17Cl2N3O2/c1-17-10(8-9(14)12(17)15)13(20)16-5-3-7-18-6-2-4-11(18)19/h8H,2-7H2,1H3,(H,16,20). The summed E-state index contributed by atoms with van der Waals surface area (Å²) < 4.78 is 1.54. The molecule has 1 fully saturated rings. The summed E-state index contributed by atoms with van der Waals surface area (Å²) in [6, 6.07) is 1.54. The van der Waals surface area contributed by atoms with E-state index in [-0.39, 0.29) is 11.8 Å². The van der Waals surface area contributed by atoms with E-state index in [1.165, 1.54) is 0 Å². The van der Waals surface area contributed by atoms with E-state index in [2.05, 4.69) is 5.32 Å². The predicted molar refractivity (Wildman–Crippen MR) is 78.2 cm³/mol. The van der Waals surface area contributed by atoms with Gasteiger partial charge in [0, 0.05) is 33.1 Å². The Hall–Kier alpha value is -1.20. The van der Waals surface area contributed by atoms with Crippen LogP contribution in [0, 0.1) is 0 Å². The predicted octanol–water partition coefficient (Wildman–Crippen LogP) is 2.07. The Morgan fingerprint density at radius 2 is 2.20 bits per heavy atom. The van der Waals surface area contributed by atoms with Crippen molar-refractivity contribution in [1.82, 2.24) is 14.8 Å². The Morgan fingerprint density at radius 3 is 2.75 bits per heavy atom. The van der Waals surface area contributed by atoms with Gasteiger partial charge in [-0.1, -0.05) is 23.2 Å². The first-order chi connectivity index (χ1) is 9.50. The van der Waals surface area contributed by atoms with Crippen LogP contribution in [0.3, 0.4) is 0 Å². The average Bonchev–Trinajstić information content (AvgIpc) is 2.94. The van der Waals surface area contributed by atoms with E-state index in [4.69, 9.17) is 23.2 Å². The Labute approximate surface area is 127 Å². The number of hydrogen-bond donors (Lipinski definition) is 1. The molecule has 0 unspecified atom stereocenters. The fourth-order valence-corrected chi connectivity index (χ4v) is 2.64.